The van der Waals surface area contributed by atoms with Gasteiger partial charge in [0.25, 0.3) is 0 Å². The molecule has 7 heteroatoms. The summed E-state index contributed by atoms with van der Waals surface area (Å²) >= 11 is 5.75. The van der Waals surface area contributed by atoms with Gasteiger partial charge >= 0.3 is 0 Å². The minimum absolute atomic E-state index is 0.0255. The van der Waals surface area contributed by atoms with Gasteiger partial charge in [0.15, 0.2) is 5.11 Å². The molecule has 1 aromatic carbocycles. The van der Waals surface area contributed by atoms with Gasteiger partial charge in [-0.3, -0.25) is 9.78 Å². The average Bonchev–Trinajstić information content (AvgIpc) is 3.27. The summed E-state index contributed by atoms with van der Waals surface area (Å²) in [4.78, 5) is 19.5. The van der Waals surface area contributed by atoms with Crippen molar-refractivity contribution in [1.82, 2.24) is 19.8 Å². The number of nitrogens with one attached hydrogen (secondary N) is 2. The molecule has 2 aromatic heterocycles. The van der Waals surface area contributed by atoms with Crippen LogP contribution in [-0.4, -0.2) is 32.0 Å². The Kier molecular flexibility index (Phi) is 6.79. The summed E-state index contributed by atoms with van der Waals surface area (Å²) in [7, 11) is 0. The fraction of sp³-hybridized carbons (Fsp3) is 0.346. The van der Waals surface area contributed by atoms with Crippen LogP contribution in [0, 0.1) is 20.8 Å². The summed E-state index contributed by atoms with van der Waals surface area (Å²) in [6.07, 6.45) is 2.15. The number of nitrogens with zero attached hydrogens (tertiary/aromatic N) is 3. The van der Waals surface area contributed by atoms with Gasteiger partial charge in [-0.15, -0.1) is 0 Å². The second kappa shape index (κ2) is 9.75. The van der Waals surface area contributed by atoms with E-state index in [1.807, 2.05) is 55.6 Å². The van der Waals surface area contributed by atoms with Crippen molar-refractivity contribution in [3.8, 4) is 0 Å². The molecule has 2 unspecified atom stereocenters. The topological polar surface area (TPSA) is 62.2 Å². The van der Waals surface area contributed by atoms with Gasteiger partial charge in [-0.2, -0.15) is 0 Å². The molecule has 2 atom stereocenters. The second-order valence-electron chi connectivity index (χ2n) is 8.56. The quantitative estimate of drug-likeness (QED) is 0.494. The third-order valence-electron chi connectivity index (χ3n) is 6.33. The van der Waals surface area contributed by atoms with E-state index in [1.54, 1.807) is 0 Å². The van der Waals surface area contributed by atoms with Crippen LogP contribution >= 0.6 is 12.2 Å². The molecule has 1 aliphatic rings. The molecule has 1 saturated heterocycles. The van der Waals surface area contributed by atoms with Gasteiger partial charge in [-0.05, 0) is 81.4 Å². The summed E-state index contributed by atoms with van der Waals surface area (Å²) < 4.78 is 2.31. The highest BCUT2D eigenvalue weighted by molar-refractivity contribution is 7.80. The lowest BCUT2D eigenvalue weighted by Gasteiger charge is -2.28. The summed E-state index contributed by atoms with van der Waals surface area (Å²) in [6, 6.07) is 15.9. The van der Waals surface area contributed by atoms with Gasteiger partial charge in [-0.1, -0.05) is 18.2 Å². The Bertz CT molecular complexity index is 1160. The van der Waals surface area contributed by atoms with Crippen molar-refractivity contribution in [2.24, 2.45) is 0 Å². The van der Waals surface area contributed by atoms with E-state index in [1.165, 1.54) is 17.0 Å². The van der Waals surface area contributed by atoms with Crippen molar-refractivity contribution in [3.63, 3.8) is 0 Å². The van der Waals surface area contributed by atoms with E-state index >= 15 is 0 Å². The Labute approximate surface area is 201 Å². The first kappa shape index (κ1) is 23.0. The molecule has 172 valence electrons. The molecular formula is C26H31N5OS. The molecule has 1 aliphatic heterocycles. The minimum atomic E-state index is -0.0793. The van der Waals surface area contributed by atoms with Crippen LogP contribution in [0.4, 0.5) is 5.69 Å². The van der Waals surface area contributed by atoms with Crippen molar-refractivity contribution < 1.29 is 4.79 Å². The number of hydrogen-bond donors (Lipinski definition) is 2. The Morgan fingerprint density at radius 1 is 1.15 bits per heavy atom. The van der Waals surface area contributed by atoms with Gasteiger partial charge < -0.3 is 20.1 Å². The van der Waals surface area contributed by atoms with Gasteiger partial charge in [-0.25, -0.2) is 0 Å². The molecule has 33 heavy (non-hydrogen) atoms. The van der Waals surface area contributed by atoms with Crippen LogP contribution in [0.5, 0.6) is 0 Å². The maximum Gasteiger partial charge on any atom is 0.226 e. The first-order valence-electron chi connectivity index (χ1n) is 11.4. The normalized spacial score (nSPS) is 17.8. The van der Waals surface area contributed by atoms with E-state index in [9.17, 15) is 4.79 Å². The lowest BCUT2D eigenvalue weighted by atomic mass is 9.96. The van der Waals surface area contributed by atoms with E-state index in [2.05, 4.69) is 51.9 Å². The predicted molar refractivity (Wildman–Crippen MR) is 136 cm³/mol. The molecule has 4 rings (SSSR count). The highest BCUT2D eigenvalue weighted by Crippen LogP contribution is 2.40. The average molecular weight is 462 g/mol. The smallest absolute Gasteiger partial charge is 0.226 e. The first-order valence-corrected chi connectivity index (χ1v) is 11.8. The SMILES string of the molecule is CCn1c(C)cc(C2C(c3ccccn3)NC(=S)N2CCC(=O)Nc2cccc(C)c2)c1C. The van der Waals surface area contributed by atoms with Gasteiger partial charge in [0.2, 0.25) is 5.91 Å². The maximum absolute atomic E-state index is 12.7. The van der Waals surface area contributed by atoms with E-state index in [0.29, 0.717) is 18.1 Å². The van der Waals surface area contributed by atoms with Crippen molar-refractivity contribution in [1.29, 1.82) is 0 Å². The molecular weight excluding hydrogens is 430 g/mol. The number of rotatable bonds is 7. The summed E-state index contributed by atoms with van der Waals surface area (Å²) in [6.45, 7) is 9.90. The number of benzene rings is 1. The third kappa shape index (κ3) is 4.78. The van der Waals surface area contributed by atoms with Crippen molar-refractivity contribution in [2.45, 2.75) is 52.7 Å². The highest BCUT2D eigenvalue weighted by atomic mass is 32.1. The van der Waals surface area contributed by atoms with Crippen LogP contribution in [0.15, 0.2) is 54.7 Å². The largest absolute Gasteiger partial charge is 0.352 e. The fourth-order valence-electron chi connectivity index (χ4n) is 4.77. The lowest BCUT2D eigenvalue weighted by molar-refractivity contribution is -0.116. The van der Waals surface area contributed by atoms with E-state index in [-0.39, 0.29) is 18.0 Å². The molecule has 0 aliphatic carbocycles. The second-order valence-corrected chi connectivity index (χ2v) is 8.95. The van der Waals surface area contributed by atoms with Crippen LogP contribution in [-0.2, 0) is 11.3 Å². The summed E-state index contributed by atoms with van der Waals surface area (Å²) in [5.41, 5.74) is 6.54. The summed E-state index contributed by atoms with van der Waals surface area (Å²) in [5, 5.41) is 7.14. The highest BCUT2D eigenvalue weighted by Gasteiger charge is 2.41. The third-order valence-corrected chi connectivity index (χ3v) is 6.68. The predicted octanol–water partition coefficient (Wildman–Crippen LogP) is 4.83. The molecule has 0 radical (unpaired) electrons. The zero-order valence-corrected chi connectivity index (χ0v) is 20.4. The molecule has 1 amide bonds. The van der Waals surface area contributed by atoms with Gasteiger partial charge in [0.05, 0.1) is 17.8 Å². The molecule has 3 aromatic rings. The number of hydrogen-bond acceptors (Lipinski definition) is 3. The number of pyridine rings is 1. The molecule has 1 fully saturated rings. The van der Waals surface area contributed by atoms with Crippen LogP contribution in [0.3, 0.4) is 0 Å². The Balaban J connectivity index is 1.60. The number of carbonyl (C=O) groups is 1. The zero-order chi connectivity index (χ0) is 23.5. The number of anilines is 1. The van der Waals surface area contributed by atoms with E-state index in [0.717, 1.165) is 23.5 Å². The fourth-order valence-corrected chi connectivity index (χ4v) is 5.10. The van der Waals surface area contributed by atoms with E-state index < -0.39 is 0 Å². The van der Waals surface area contributed by atoms with Crippen LogP contribution < -0.4 is 10.6 Å². The summed E-state index contributed by atoms with van der Waals surface area (Å²) in [5.74, 6) is -0.0255. The standard InChI is InChI=1S/C26H31N5OS/c1-5-30-18(3)16-21(19(30)4)25-24(22-11-6-7-13-27-22)29-26(33)31(25)14-12-23(32)28-20-10-8-9-17(2)15-20/h6-11,13,15-16,24-25H,5,12,14H2,1-4H3,(H,28,32)(H,29,33). The van der Waals surface area contributed by atoms with Crippen LogP contribution in [0.1, 0.15) is 53.6 Å². The van der Waals surface area contributed by atoms with Crippen molar-refractivity contribution in [2.75, 3.05) is 11.9 Å². The van der Waals surface area contributed by atoms with Crippen molar-refractivity contribution in [3.05, 3.63) is 82.9 Å². The zero-order valence-electron chi connectivity index (χ0n) is 19.6. The van der Waals surface area contributed by atoms with Crippen molar-refractivity contribution >= 4 is 28.9 Å². The van der Waals surface area contributed by atoms with E-state index in [4.69, 9.17) is 12.2 Å². The molecule has 6 nitrogen and oxygen atoms in total. The monoisotopic (exact) mass is 461 g/mol. The molecule has 2 N–H and O–H groups in total. The molecule has 0 spiro atoms. The van der Waals surface area contributed by atoms with Crippen LogP contribution in [0.25, 0.3) is 0 Å². The lowest BCUT2D eigenvalue weighted by Crippen LogP contribution is -2.32. The van der Waals surface area contributed by atoms with Gasteiger partial charge in [0.1, 0.15) is 0 Å². The first-order chi connectivity index (χ1) is 15.9. The number of amides is 1. The Morgan fingerprint density at radius 2 is 1.97 bits per heavy atom. The molecule has 3 heterocycles. The van der Waals surface area contributed by atoms with Gasteiger partial charge in [0, 0.05) is 42.8 Å². The number of aryl methyl sites for hydroxylation is 2. The number of carbonyl (C=O) groups excluding carboxylic acids is 1. The molecule has 0 bridgehead atoms. The minimum Gasteiger partial charge on any atom is -0.352 e. The van der Waals surface area contributed by atoms with Crippen LogP contribution in [0.2, 0.25) is 0 Å². The maximum atomic E-state index is 12.7. The number of thiocarbonyl (C=S) groups is 1. The number of aromatic nitrogens is 2. The Hall–Kier alpha value is -3.19. The Morgan fingerprint density at radius 3 is 2.64 bits per heavy atom. The molecule has 0 saturated carbocycles.